The number of carboxylic acids is 1. The fourth-order valence-corrected chi connectivity index (χ4v) is 2.20. The highest BCUT2D eigenvalue weighted by Crippen LogP contribution is 2.29. The number of benzene rings is 1. The van der Waals surface area contributed by atoms with Crippen molar-refractivity contribution in [3.63, 3.8) is 0 Å². The second-order valence-electron chi connectivity index (χ2n) is 4.88. The Morgan fingerprint density at radius 1 is 1.43 bits per heavy atom. The number of carbonyl (C=O) groups is 1. The molecular weight excluding hydrogens is 272 g/mol. The van der Waals surface area contributed by atoms with E-state index in [0.717, 1.165) is 31.1 Å². The number of aliphatic carboxylic acids is 1. The van der Waals surface area contributed by atoms with Gasteiger partial charge in [0.05, 0.1) is 13.2 Å². The molecule has 0 bridgehead atoms. The highest BCUT2D eigenvalue weighted by atomic mass is 16.5. The lowest BCUT2D eigenvalue weighted by Crippen LogP contribution is -2.25. The van der Waals surface area contributed by atoms with Crippen LogP contribution in [-0.2, 0) is 9.53 Å². The molecule has 1 N–H and O–H groups in total. The predicted molar refractivity (Wildman–Crippen MR) is 78.7 cm³/mol. The van der Waals surface area contributed by atoms with E-state index in [4.69, 9.17) is 19.3 Å². The van der Waals surface area contributed by atoms with Gasteiger partial charge in [0.15, 0.2) is 11.5 Å². The van der Waals surface area contributed by atoms with Crippen molar-refractivity contribution in [3.05, 3.63) is 29.8 Å². The van der Waals surface area contributed by atoms with E-state index >= 15 is 0 Å². The maximum absolute atomic E-state index is 10.5. The summed E-state index contributed by atoms with van der Waals surface area (Å²) in [6, 6.07) is 5.32. The zero-order valence-electron chi connectivity index (χ0n) is 12.1. The quantitative estimate of drug-likeness (QED) is 0.817. The molecular formula is C16H20O5. The molecule has 2 rings (SSSR count). The predicted octanol–water partition coefficient (Wildman–Crippen LogP) is 2.74. The number of hydrogen-bond donors (Lipinski definition) is 1. The summed E-state index contributed by atoms with van der Waals surface area (Å²) in [7, 11) is 1.56. The SMILES string of the molecule is COc1cc(/C=C/C(=O)O)ccc1OCC1CCCCO1. The van der Waals surface area contributed by atoms with Crippen LogP contribution in [0.15, 0.2) is 24.3 Å². The molecule has 5 heteroatoms. The van der Waals surface area contributed by atoms with Crippen molar-refractivity contribution in [2.24, 2.45) is 0 Å². The van der Waals surface area contributed by atoms with Crippen LogP contribution in [0, 0.1) is 0 Å². The van der Waals surface area contributed by atoms with Crippen molar-refractivity contribution in [3.8, 4) is 11.5 Å². The van der Waals surface area contributed by atoms with E-state index in [0.29, 0.717) is 18.1 Å². The van der Waals surface area contributed by atoms with Gasteiger partial charge in [-0.15, -0.1) is 0 Å². The third-order valence-corrected chi connectivity index (χ3v) is 3.30. The Labute approximate surface area is 124 Å². The molecule has 0 spiro atoms. The number of methoxy groups -OCH3 is 1. The molecule has 0 saturated carbocycles. The van der Waals surface area contributed by atoms with Gasteiger partial charge >= 0.3 is 5.97 Å². The van der Waals surface area contributed by atoms with Gasteiger partial charge in [0.2, 0.25) is 0 Å². The van der Waals surface area contributed by atoms with E-state index in [1.807, 2.05) is 0 Å². The van der Waals surface area contributed by atoms with Crippen LogP contribution in [0.2, 0.25) is 0 Å². The van der Waals surface area contributed by atoms with E-state index in [9.17, 15) is 4.79 Å². The van der Waals surface area contributed by atoms with Crippen molar-refractivity contribution in [2.75, 3.05) is 20.3 Å². The number of carboxylic acid groups (broad SMARTS) is 1. The minimum atomic E-state index is -0.983. The zero-order chi connectivity index (χ0) is 15.1. The lowest BCUT2D eigenvalue weighted by atomic mass is 10.1. The van der Waals surface area contributed by atoms with Crippen molar-refractivity contribution in [1.29, 1.82) is 0 Å². The van der Waals surface area contributed by atoms with Gasteiger partial charge in [-0.1, -0.05) is 6.07 Å². The molecule has 1 heterocycles. The van der Waals surface area contributed by atoms with Crippen LogP contribution in [0.25, 0.3) is 6.08 Å². The van der Waals surface area contributed by atoms with Crippen molar-refractivity contribution in [2.45, 2.75) is 25.4 Å². The Morgan fingerprint density at radius 3 is 2.95 bits per heavy atom. The maximum Gasteiger partial charge on any atom is 0.328 e. The van der Waals surface area contributed by atoms with Crippen LogP contribution < -0.4 is 9.47 Å². The van der Waals surface area contributed by atoms with Gasteiger partial charge in [0.1, 0.15) is 6.61 Å². The summed E-state index contributed by atoms with van der Waals surface area (Å²) in [5.41, 5.74) is 0.746. The maximum atomic E-state index is 10.5. The van der Waals surface area contributed by atoms with Gasteiger partial charge in [0.25, 0.3) is 0 Å². The second kappa shape index (κ2) is 7.69. The monoisotopic (exact) mass is 292 g/mol. The second-order valence-corrected chi connectivity index (χ2v) is 4.88. The first-order valence-corrected chi connectivity index (χ1v) is 7.02. The van der Waals surface area contributed by atoms with Crippen LogP contribution in [0.5, 0.6) is 11.5 Å². The summed E-state index contributed by atoms with van der Waals surface area (Å²) < 4.78 is 16.7. The van der Waals surface area contributed by atoms with E-state index < -0.39 is 5.97 Å². The smallest absolute Gasteiger partial charge is 0.328 e. The van der Waals surface area contributed by atoms with Crippen molar-refractivity contribution >= 4 is 12.0 Å². The standard InChI is InChI=1S/C16H20O5/c1-19-15-10-12(6-8-16(17)18)5-7-14(15)21-11-13-4-2-3-9-20-13/h5-8,10,13H,2-4,9,11H2,1H3,(H,17,18)/b8-6+. The topological polar surface area (TPSA) is 65.0 Å². The summed E-state index contributed by atoms with van der Waals surface area (Å²) in [4.78, 5) is 10.5. The lowest BCUT2D eigenvalue weighted by Gasteiger charge is -2.23. The van der Waals surface area contributed by atoms with Crippen molar-refractivity contribution in [1.82, 2.24) is 0 Å². The summed E-state index contributed by atoms with van der Waals surface area (Å²) in [5, 5.41) is 8.63. The average molecular weight is 292 g/mol. The normalized spacial score (nSPS) is 18.6. The molecule has 1 aliphatic rings. The average Bonchev–Trinajstić information content (AvgIpc) is 2.52. The first-order chi connectivity index (χ1) is 10.2. The Kier molecular flexibility index (Phi) is 5.63. The fraction of sp³-hybridized carbons (Fsp3) is 0.438. The minimum absolute atomic E-state index is 0.134. The molecule has 5 nitrogen and oxygen atoms in total. The van der Waals surface area contributed by atoms with Gasteiger partial charge < -0.3 is 19.3 Å². The molecule has 1 fully saturated rings. The van der Waals surface area contributed by atoms with Crippen LogP contribution in [0.1, 0.15) is 24.8 Å². The van der Waals surface area contributed by atoms with E-state index in [2.05, 4.69) is 0 Å². The summed E-state index contributed by atoms with van der Waals surface area (Å²) in [5.74, 6) is 0.237. The van der Waals surface area contributed by atoms with E-state index in [-0.39, 0.29) is 6.10 Å². The van der Waals surface area contributed by atoms with Crippen LogP contribution >= 0.6 is 0 Å². The molecule has 1 atom stereocenters. The highest BCUT2D eigenvalue weighted by Gasteiger charge is 2.15. The molecule has 1 saturated heterocycles. The molecule has 0 amide bonds. The first-order valence-electron chi connectivity index (χ1n) is 7.02. The summed E-state index contributed by atoms with van der Waals surface area (Å²) >= 11 is 0. The number of rotatable bonds is 6. The first kappa shape index (κ1) is 15.4. The Morgan fingerprint density at radius 2 is 2.29 bits per heavy atom. The van der Waals surface area contributed by atoms with Gasteiger partial charge in [0, 0.05) is 12.7 Å². The Balaban J connectivity index is 2.00. The van der Waals surface area contributed by atoms with Gasteiger partial charge in [-0.2, -0.15) is 0 Å². The molecule has 0 aromatic heterocycles. The molecule has 1 aliphatic heterocycles. The van der Waals surface area contributed by atoms with Crippen LogP contribution in [-0.4, -0.2) is 37.5 Å². The summed E-state index contributed by atoms with van der Waals surface area (Å²) in [6.45, 7) is 1.30. The Hall–Kier alpha value is -2.01. The van der Waals surface area contributed by atoms with Crippen LogP contribution in [0.4, 0.5) is 0 Å². The molecule has 21 heavy (non-hydrogen) atoms. The Bertz CT molecular complexity index is 503. The molecule has 1 unspecified atom stereocenters. The van der Waals surface area contributed by atoms with Crippen molar-refractivity contribution < 1.29 is 24.1 Å². The third-order valence-electron chi connectivity index (χ3n) is 3.30. The summed E-state index contributed by atoms with van der Waals surface area (Å²) in [6.07, 6.45) is 6.04. The third kappa shape index (κ3) is 4.79. The minimum Gasteiger partial charge on any atom is -0.493 e. The zero-order valence-corrected chi connectivity index (χ0v) is 12.1. The molecule has 0 aliphatic carbocycles. The number of ether oxygens (including phenoxy) is 3. The van der Waals surface area contributed by atoms with Gasteiger partial charge in [-0.05, 0) is 43.0 Å². The highest BCUT2D eigenvalue weighted by molar-refractivity contribution is 5.85. The molecule has 1 aromatic carbocycles. The number of hydrogen-bond acceptors (Lipinski definition) is 4. The van der Waals surface area contributed by atoms with Gasteiger partial charge in [-0.3, -0.25) is 0 Å². The molecule has 1 aromatic rings. The van der Waals surface area contributed by atoms with E-state index in [1.165, 1.54) is 12.5 Å². The lowest BCUT2D eigenvalue weighted by molar-refractivity contribution is -0.131. The fourth-order valence-electron chi connectivity index (χ4n) is 2.20. The van der Waals surface area contributed by atoms with E-state index in [1.54, 1.807) is 25.3 Å². The van der Waals surface area contributed by atoms with Gasteiger partial charge in [-0.25, -0.2) is 4.79 Å². The largest absolute Gasteiger partial charge is 0.493 e. The van der Waals surface area contributed by atoms with Crippen LogP contribution in [0.3, 0.4) is 0 Å². The molecule has 114 valence electrons. The molecule has 0 radical (unpaired) electrons.